The van der Waals surface area contributed by atoms with Gasteiger partial charge in [-0.3, -0.25) is 0 Å². The van der Waals surface area contributed by atoms with Gasteiger partial charge in [-0.1, -0.05) is 116 Å². The largest absolute Gasteiger partial charge is 0.414 e. The van der Waals surface area contributed by atoms with Crippen LogP contribution in [0.1, 0.15) is 104 Å². The molecule has 0 spiro atoms. The Labute approximate surface area is 189 Å². The van der Waals surface area contributed by atoms with Crippen LogP contribution >= 0.6 is 0 Å². The van der Waals surface area contributed by atoms with Crippen LogP contribution < -0.4 is 0 Å². The van der Waals surface area contributed by atoms with Gasteiger partial charge in [-0.05, 0) is 36.9 Å². The number of rotatable bonds is 17. The van der Waals surface area contributed by atoms with Crippen molar-refractivity contribution in [2.75, 3.05) is 0 Å². The summed E-state index contributed by atoms with van der Waals surface area (Å²) in [5.74, 6) is 0. The summed E-state index contributed by atoms with van der Waals surface area (Å²) in [4.78, 5) is 0. The SMILES string of the molecule is CCCCCCCCCCCC(CC(O[Si](C)C)C(C)(C)C)OCc1ccccc1. The number of hydrogen-bond donors (Lipinski definition) is 0. The molecule has 0 aromatic heterocycles. The van der Waals surface area contributed by atoms with Crippen LogP contribution in [-0.2, 0) is 15.8 Å². The maximum Gasteiger partial charge on any atom is 0.205 e. The van der Waals surface area contributed by atoms with Crippen molar-refractivity contribution in [3.8, 4) is 0 Å². The molecule has 2 nitrogen and oxygen atoms in total. The Hall–Kier alpha value is -0.643. The molecule has 0 saturated heterocycles. The number of unbranched alkanes of at least 4 members (excludes halogenated alkanes) is 8. The molecule has 1 radical (unpaired) electrons. The van der Waals surface area contributed by atoms with Gasteiger partial charge < -0.3 is 9.16 Å². The summed E-state index contributed by atoms with van der Waals surface area (Å²) in [5.41, 5.74) is 1.41. The van der Waals surface area contributed by atoms with E-state index in [9.17, 15) is 0 Å². The first-order valence-electron chi connectivity index (χ1n) is 12.4. The van der Waals surface area contributed by atoms with E-state index in [4.69, 9.17) is 9.16 Å². The summed E-state index contributed by atoms with van der Waals surface area (Å²) in [6.45, 7) is 14.4. The van der Waals surface area contributed by atoms with Gasteiger partial charge in [0.2, 0.25) is 9.04 Å². The lowest BCUT2D eigenvalue weighted by Crippen LogP contribution is -2.36. The zero-order valence-corrected chi connectivity index (χ0v) is 21.8. The second-order valence-corrected chi connectivity index (χ2v) is 12.2. The van der Waals surface area contributed by atoms with Crippen LogP contribution in [0.25, 0.3) is 0 Å². The highest BCUT2D eigenvalue weighted by Crippen LogP contribution is 2.29. The summed E-state index contributed by atoms with van der Waals surface area (Å²) in [6, 6.07) is 10.6. The molecular formula is C27H49O2Si. The second-order valence-electron chi connectivity index (χ2n) is 10.2. The van der Waals surface area contributed by atoms with E-state index in [-0.39, 0.29) is 17.6 Å². The first-order valence-corrected chi connectivity index (χ1v) is 14.9. The zero-order chi connectivity index (χ0) is 22.2. The van der Waals surface area contributed by atoms with E-state index in [1.165, 1.54) is 63.4 Å². The van der Waals surface area contributed by atoms with Crippen molar-refractivity contribution in [3.63, 3.8) is 0 Å². The lowest BCUT2D eigenvalue weighted by Gasteiger charge is -2.35. The third-order valence-electron chi connectivity index (χ3n) is 5.78. The van der Waals surface area contributed by atoms with E-state index in [1.807, 2.05) is 0 Å². The molecule has 0 amide bonds. The minimum Gasteiger partial charge on any atom is -0.414 e. The molecule has 0 N–H and O–H groups in total. The first kappa shape index (κ1) is 27.4. The van der Waals surface area contributed by atoms with Gasteiger partial charge >= 0.3 is 0 Å². The standard InChI is InChI=1S/C27H49O2Si/c1-7-8-9-10-11-12-13-14-18-21-25(28-23-24-19-16-15-17-20-24)22-26(27(2,3)4)29-30(5)6/h15-17,19-20,25-26H,7-14,18,21-23H2,1-6H3. The minimum atomic E-state index is -0.724. The van der Waals surface area contributed by atoms with Crippen molar-refractivity contribution in [2.24, 2.45) is 5.41 Å². The van der Waals surface area contributed by atoms with Gasteiger partial charge in [0.05, 0.1) is 18.8 Å². The van der Waals surface area contributed by atoms with Gasteiger partial charge in [0, 0.05) is 0 Å². The number of ether oxygens (including phenoxy) is 1. The van der Waals surface area contributed by atoms with Crippen LogP contribution in [0.15, 0.2) is 30.3 Å². The Morgan fingerprint density at radius 3 is 1.93 bits per heavy atom. The van der Waals surface area contributed by atoms with Crippen LogP contribution in [0.2, 0.25) is 13.1 Å². The quantitative estimate of drug-likeness (QED) is 0.181. The molecule has 0 bridgehead atoms. The van der Waals surface area contributed by atoms with E-state index in [2.05, 4.69) is 71.1 Å². The Kier molecular flexibility index (Phi) is 14.7. The van der Waals surface area contributed by atoms with E-state index < -0.39 is 9.04 Å². The van der Waals surface area contributed by atoms with Crippen molar-refractivity contribution in [3.05, 3.63) is 35.9 Å². The summed E-state index contributed by atoms with van der Waals surface area (Å²) in [7, 11) is -0.724. The third kappa shape index (κ3) is 13.6. The normalized spacial score (nSPS) is 14.2. The van der Waals surface area contributed by atoms with Crippen molar-refractivity contribution < 1.29 is 9.16 Å². The highest BCUT2D eigenvalue weighted by atomic mass is 28.3. The molecular weight excluding hydrogens is 384 g/mol. The van der Waals surface area contributed by atoms with E-state index >= 15 is 0 Å². The Morgan fingerprint density at radius 1 is 0.833 bits per heavy atom. The molecule has 2 unspecified atom stereocenters. The average molecular weight is 434 g/mol. The Morgan fingerprint density at radius 2 is 1.40 bits per heavy atom. The van der Waals surface area contributed by atoms with Gasteiger partial charge in [-0.2, -0.15) is 0 Å². The van der Waals surface area contributed by atoms with Crippen LogP contribution in [0.3, 0.4) is 0 Å². The number of benzene rings is 1. The van der Waals surface area contributed by atoms with Gasteiger partial charge in [0.1, 0.15) is 0 Å². The molecule has 0 fully saturated rings. The molecule has 0 heterocycles. The van der Waals surface area contributed by atoms with Crippen molar-refractivity contribution >= 4 is 9.04 Å². The van der Waals surface area contributed by atoms with Gasteiger partial charge in [-0.15, -0.1) is 0 Å². The lowest BCUT2D eigenvalue weighted by atomic mass is 9.85. The fourth-order valence-electron chi connectivity index (χ4n) is 3.84. The summed E-state index contributed by atoms with van der Waals surface area (Å²) in [6.07, 6.45) is 15.0. The molecule has 1 rings (SSSR count). The monoisotopic (exact) mass is 433 g/mol. The topological polar surface area (TPSA) is 18.5 Å². The minimum absolute atomic E-state index is 0.148. The van der Waals surface area contributed by atoms with Crippen molar-refractivity contribution in [2.45, 2.75) is 130 Å². The summed E-state index contributed by atoms with van der Waals surface area (Å²) in [5, 5.41) is 0. The predicted molar refractivity (Wildman–Crippen MR) is 133 cm³/mol. The highest BCUT2D eigenvalue weighted by Gasteiger charge is 2.29. The first-order chi connectivity index (χ1) is 14.3. The van der Waals surface area contributed by atoms with Crippen molar-refractivity contribution in [1.82, 2.24) is 0 Å². The van der Waals surface area contributed by atoms with Crippen LogP contribution in [0.5, 0.6) is 0 Å². The molecule has 2 atom stereocenters. The molecule has 1 aromatic carbocycles. The fourth-order valence-corrected chi connectivity index (χ4v) is 4.86. The van der Waals surface area contributed by atoms with Gasteiger partial charge in [0.25, 0.3) is 0 Å². The maximum atomic E-state index is 6.44. The Bertz CT molecular complexity index is 509. The zero-order valence-electron chi connectivity index (χ0n) is 20.8. The molecule has 0 saturated carbocycles. The predicted octanol–water partition coefficient (Wildman–Crippen LogP) is 8.57. The van der Waals surface area contributed by atoms with Crippen LogP contribution in [0.4, 0.5) is 0 Å². The van der Waals surface area contributed by atoms with E-state index in [0.29, 0.717) is 6.61 Å². The average Bonchev–Trinajstić information content (AvgIpc) is 2.69. The second kappa shape index (κ2) is 16.1. The molecule has 0 aliphatic rings. The van der Waals surface area contributed by atoms with Crippen LogP contribution in [-0.4, -0.2) is 21.2 Å². The van der Waals surface area contributed by atoms with E-state index in [1.54, 1.807) is 0 Å². The Balaban J connectivity index is 2.49. The molecule has 3 heteroatoms. The van der Waals surface area contributed by atoms with Gasteiger partial charge in [-0.25, -0.2) is 0 Å². The molecule has 1 aromatic rings. The molecule has 30 heavy (non-hydrogen) atoms. The summed E-state index contributed by atoms with van der Waals surface area (Å²) >= 11 is 0. The van der Waals surface area contributed by atoms with Crippen molar-refractivity contribution in [1.29, 1.82) is 0 Å². The highest BCUT2D eigenvalue weighted by molar-refractivity contribution is 6.48. The third-order valence-corrected chi connectivity index (χ3v) is 6.53. The maximum absolute atomic E-state index is 6.44. The van der Waals surface area contributed by atoms with Gasteiger partial charge in [0.15, 0.2) is 0 Å². The smallest absolute Gasteiger partial charge is 0.205 e. The molecule has 0 aliphatic heterocycles. The fraction of sp³-hybridized carbons (Fsp3) is 0.778. The lowest BCUT2D eigenvalue weighted by molar-refractivity contribution is -0.0222. The van der Waals surface area contributed by atoms with E-state index in [0.717, 1.165) is 12.8 Å². The molecule has 173 valence electrons. The molecule has 0 aliphatic carbocycles. The number of hydrogen-bond acceptors (Lipinski definition) is 2. The van der Waals surface area contributed by atoms with Crippen LogP contribution in [0, 0.1) is 5.41 Å². The summed E-state index contributed by atoms with van der Waals surface area (Å²) < 4.78 is 12.8.